The maximum atomic E-state index is 12.8. The predicted molar refractivity (Wildman–Crippen MR) is 121 cm³/mol. The van der Waals surface area contributed by atoms with Gasteiger partial charge in [0, 0.05) is 21.1 Å². The average Bonchev–Trinajstić information content (AvgIpc) is 2.73. The molecule has 0 spiro atoms. The Labute approximate surface area is 176 Å². The summed E-state index contributed by atoms with van der Waals surface area (Å²) in [4.78, 5) is 15.9. The number of benzene rings is 3. The zero-order valence-electron chi connectivity index (χ0n) is 17.7. The van der Waals surface area contributed by atoms with Crippen LogP contribution >= 0.6 is 10.3 Å². The highest BCUT2D eigenvalue weighted by Gasteiger charge is 2.35. The molecule has 0 fully saturated rings. The highest BCUT2D eigenvalue weighted by molar-refractivity contribution is 8.30. The molecule has 0 aromatic heterocycles. The molecule has 0 aliphatic heterocycles. The van der Waals surface area contributed by atoms with Gasteiger partial charge in [-0.15, -0.1) is 0 Å². The van der Waals surface area contributed by atoms with Gasteiger partial charge in [-0.3, -0.25) is 4.79 Å². The summed E-state index contributed by atoms with van der Waals surface area (Å²) in [7, 11) is -2.17. The Morgan fingerprint density at radius 1 is 0.759 bits per heavy atom. The minimum absolute atomic E-state index is 0.0644. The molecule has 3 heteroatoms. The summed E-state index contributed by atoms with van der Waals surface area (Å²) in [5.74, 6) is -0.157. The van der Waals surface area contributed by atoms with Gasteiger partial charge in [-0.1, -0.05) is 76.2 Å². The van der Waals surface area contributed by atoms with E-state index in [0.717, 1.165) is 21.1 Å². The average molecular weight is 407 g/mol. The monoisotopic (exact) mass is 406 g/mol. The minimum Gasteiger partial charge on any atom is -0.402 e. The molecule has 0 unspecified atom stereocenters. The highest BCUT2D eigenvalue weighted by atomic mass is 32.3. The van der Waals surface area contributed by atoms with Crippen molar-refractivity contribution in [2.24, 2.45) is 0 Å². The molecule has 3 rings (SSSR count). The molecule has 2 nitrogen and oxygen atoms in total. The van der Waals surface area contributed by atoms with Crippen LogP contribution < -0.4 is 0 Å². The standard InChI is InChI=1S/C26H30O2S/c1-5-12-25(27)28-29(22-13-8-6-9-14-22,23-15-10-7-11-16-23)24-19-17-21(18-20-24)26(2,3)4/h6-11,13-20H,5,12H2,1-4H3. The molecule has 3 aromatic carbocycles. The lowest BCUT2D eigenvalue weighted by molar-refractivity contribution is -0.133. The summed E-state index contributed by atoms with van der Waals surface area (Å²) in [6.45, 7) is 8.62. The fourth-order valence-corrected chi connectivity index (χ4v) is 6.38. The molecule has 0 atom stereocenters. The van der Waals surface area contributed by atoms with E-state index in [0.29, 0.717) is 6.42 Å². The van der Waals surface area contributed by atoms with Gasteiger partial charge >= 0.3 is 5.97 Å². The normalized spacial score (nSPS) is 12.4. The lowest BCUT2D eigenvalue weighted by atomic mass is 9.87. The van der Waals surface area contributed by atoms with Crippen molar-refractivity contribution in [2.75, 3.05) is 0 Å². The number of carbonyl (C=O) groups excluding carboxylic acids is 1. The second kappa shape index (κ2) is 8.87. The molecule has 29 heavy (non-hydrogen) atoms. The Morgan fingerprint density at radius 3 is 1.62 bits per heavy atom. The second-order valence-corrected chi connectivity index (χ2v) is 10.9. The molecule has 3 aromatic rings. The topological polar surface area (TPSA) is 26.3 Å². The fraction of sp³-hybridized carbons (Fsp3) is 0.269. The Hall–Kier alpha value is -2.52. The molecule has 0 heterocycles. The first-order chi connectivity index (χ1) is 13.9. The predicted octanol–water partition coefficient (Wildman–Crippen LogP) is 7.52. The molecule has 0 N–H and O–H groups in total. The minimum atomic E-state index is -2.17. The Morgan fingerprint density at radius 2 is 1.21 bits per heavy atom. The van der Waals surface area contributed by atoms with Gasteiger partial charge in [0.1, 0.15) is 0 Å². The third-order valence-corrected chi connectivity index (χ3v) is 8.12. The van der Waals surface area contributed by atoms with E-state index in [4.69, 9.17) is 4.18 Å². The van der Waals surface area contributed by atoms with Crippen LogP contribution in [0, 0.1) is 0 Å². The van der Waals surface area contributed by atoms with Crippen molar-refractivity contribution in [1.29, 1.82) is 0 Å². The summed E-state index contributed by atoms with van der Waals surface area (Å²) >= 11 is 0. The van der Waals surface area contributed by atoms with Gasteiger partial charge in [-0.25, -0.2) is 0 Å². The van der Waals surface area contributed by atoms with Crippen molar-refractivity contribution in [3.8, 4) is 0 Å². The molecule has 0 amide bonds. The van der Waals surface area contributed by atoms with Crippen LogP contribution in [0.3, 0.4) is 0 Å². The molecule has 0 aliphatic carbocycles. The van der Waals surface area contributed by atoms with Crippen LogP contribution in [-0.2, 0) is 14.4 Å². The smallest absolute Gasteiger partial charge is 0.317 e. The van der Waals surface area contributed by atoms with Crippen LogP contribution in [-0.4, -0.2) is 5.97 Å². The number of rotatable bonds is 6. The van der Waals surface area contributed by atoms with Gasteiger partial charge in [-0.2, -0.15) is 0 Å². The SMILES string of the molecule is CCCC(=O)OS(c1ccccc1)(c1ccccc1)c1ccc(C(C)(C)C)cc1. The van der Waals surface area contributed by atoms with E-state index < -0.39 is 10.3 Å². The highest BCUT2D eigenvalue weighted by Crippen LogP contribution is 2.69. The molecule has 0 aliphatic rings. The maximum absolute atomic E-state index is 12.8. The first kappa shape index (κ1) is 21.2. The Kier molecular flexibility index (Phi) is 6.49. The summed E-state index contributed by atoms with van der Waals surface area (Å²) in [5, 5.41) is 0. The first-order valence-corrected chi connectivity index (χ1v) is 11.7. The quantitative estimate of drug-likeness (QED) is 0.423. The largest absolute Gasteiger partial charge is 0.402 e. The van der Waals surface area contributed by atoms with Crippen LogP contribution in [0.25, 0.3) is 0 Å². The van der Waals surface area contributed by atoms with Crippen molar-refractivity contribution in [2.45, 2.75) is 60.6 Å². The number of hydrogen-bond acceptors (Lipinski definition) is 2. The molecule has 0 radical (unpaired) electrons. The van der Waals surface area contributed by atoms with E-state index in [-0.39, 0.29) is 11.4 Å². The third-order valence-electron chi connectivity index (χ3n) is 4.87. The maximum Gasteiger partial charge on any atom is 0.317 e. The van der Waals surface area contributed by atoms with E-state index in [1.165, 1.54) is 5.56 Å². The van der Waals surface area contributed by atoms with Crippen LogP contribution in [0.4, 0.5) is 0 Å². The van der Waals surface area contributed by atoms with E-state index in [1.807, 2.05) is 43.3 Å². The van der Waals surface area contributed by atoms with E-state index >= 15 is 0 Å². The zero-order valence-corrected chi connectivity index (χ0v) is 18.5. The lowest BCUT2D eigenvalue weighted by Crippen LogP contribution is -2.14. The second-order valence-electron chi connectivity index (χ2n) is 8.16. The van der Waals surface area contributed by atoms with Gasteiger partial charge in [0.2, 0.25) is 0 Å². The van der Waals surface area contributed by atoms with E-state index in [2.05, 4.69) is 69.3 Å². The Balaban J connectivity index is 2.25. The molecule has 0 saturated heterocycles. The number of carbonyl (C=O) groups is 1. The summed E-state index contributed by atoms with van der Waals surface area (Å²) in [6.07, 6.45) is 1.18. The van der Waals surface area contributed by atoms with Crippen molar-refractivity contribution in [3.05, 3.63) is 90.5 Å². The summed E-state index contributed by atoms with van der Waals surface area (Å²) < 4.78 is 6.41. The van der Waals surface area contributed by atoms with E-state index in [1.54, 1.807) is 0 Å². The van der Waals surface area contributed by atoms with Crippen LogP contribution in [0.15, 0.2) is 99.6 Å². The molecule has 0 saturated carbocycles. The van der Waals surface area contributed by atoms with Crippen molar-refractivity contribution < 1.29 is 8.98 Å². The van der Waals surface area contributed by atoms with Gasteiger partial charge in [-0.05, 0) is 64.1 Å². The first-order valence-electron chi connectivity index (χ1n) is 10.1. The van der Waals surface area contributed by atoms with Crippen molar-refractivity contribution in [3.63, 3.8) is 0 Å². The lowest BCUT2D eigenvalue weighted by Gasteiger charge is -2.40. The van der Waals surface area contributed by atoms with Crippen LogP contribution in [0.1, 0.15) is 46.1 Å². The molecular weight excluding hydrogens is 376 g/mol. The van der Waals surface area contributed by atoms with Crippen molar-refractivity contribution in [1.82, 2.24) is 0 Å². The van der Waals surface area contributed by atoms with Gasteiger partial charge < -0.3 is 4.18 Å². The molecular formula is C26H30O2S. The van der Waals surface area contributed by atoms with E-state index in [9.17, 15) is 4.79 Å². The Bertz CT molecular complexity index is 886. The van der Waals surface area contributed by atoms with Crippen LogP contribution in [0.5, 0.6) is 0 Å². The zero-order chi connectivity index (χ0) is 20.9. The van der Waals surface area contributed by atoms with Gasteiger partial charge in [0.25, 0.3) is 0 Å². The van der Waals surface area contributed by atoms with Crippen molar-refractivity contribution >= 4 is 16.3 Å². The summed E-state index contributed by atoms with van der Waals surface area (Å²) in [5.41, 5.74) is 1.32. The number of hydrogen-bond donors (Lipinski definition) is 0. The fourth-order valence-electron chi connectivity index (χ4n) is 3.31. The van der Waals surface area contributed by atoms with Gasteiger partial charge in [0.15, 0.2) is 0 Å². The van der Waals surface area contributed by atoms with Crippen LogP contribution in [0.2, 0.25) is 0 Å². The third kappa shape index (κ3) is 4.56. The van der Waals surface area contributed by atoms with Gasteiger partial charge in [0.05, 0.1) is 0 Å². The summed E-state index contributed by atoms with van der Waals surface area (Å²) in [6, 6.07) is 28.9. The molecule has 0 bridgehead atoms. The molecule has 152 valence electrons.